The number of benzene rings is 2. The molecule has 32 heavy (non-hydrogen) atoms. The number of carbonyl (C=O) groups excluding carboxylic acids is 1. The van der Waals surface area contributed by atoms with E-state index in [4.69, 9.17) is 10.5 Å². The number of hydrogen-bond acceptors (Lipinski definition) is 6. The summed E-state index contributed by atoms with van der Waals surface area (Å²) in [4.78, 5) is 16.7. The second-order valence-corrected chi connectivity index (χ2v) is 8.13. The number of aryl methyl sites for hydroxylation is 1. The lowest BCUT2D eigenvalue weighted by Crippen LogP contribution is -2.20. The van der Waals surface area contributed by atoms with E-state index in [1.165, 1.54) is 19.0 Å². The summed E-state index contributed by atoms with van der Waals surface area (Å²) in [5, 5.41) is 11.3. The first-order valence-corrected chi connectivity index (χ1v) is 11.2. The summed E-state index contributed by atoms with van der Waals surface area (Å²) < 4.78 is 5.60. The third-order valence-electron chi connectivity index (χ3n) is 5.79. The first-order valence-electron chi connectivity index (χ1n) is 11.2. The van der Waals surface area contributed by atoms with Crippen LogP contribution in [-0.2, 0) is 6.42 Å². The predicted octanol–water partition coefficient (Wildman–Crippen LogP) is 4.20. The Bertz CT molecular complexity index is 1110. The van der Waals surface area contributed by atoms with Crippen LogP contribution in [0.25, 0.3) is 10.9 Å². The van der Waals surface area contributed by atoms with Gasteiger partial charge in [0.25, 0.3) is 5.91 Å². The molecule has 7 nitrogen and oxygen atoms in total. The number of pyridine rings is 1. The average Bonchev–Trinajstić information content (AvgIpc) is 3.63. The highest BCUT2D eigenvalue weighted by atomic mass is 16.5. The van der Waals surface area contributed by atoms with Crippen LogP contribution in [0.1, 0.15) is 42.1 Å². The molecule has 1 heterocycles. The van der Waals surface area contributed by atoms with Crippen molar-refractivity contribution in [1.82, 2.24) is 10.3 Å². The van der Waals surface area contributed by atoms with Gasteiger partial charge in [0.1, 0.15) is 5.75 Å². The Morgan fingerprint density at radius 2 is 2.00 bits per heavy atom. The molecule has 2 aromatic carbocycles. The standard InChI is InChI=1S/C25H31N5O2/c1-3-16-7-4-5-8-20(16)30-24-18-13-22(28-12-6-11-27-17-9-10-17)23(32-2)14-21(18)29-15-19(24)25(26)31/h4-5,7-8,13-15,17,27-28H,3,6,9-12H2,1-2H3,(H2,26,31)(H,29,30). The summed E-state index contributed by atoms with van der Waals surface area (Å²) in [6.45, 7) is 3.90. The van der Waals surface area contributed by atoms with Crippen molar-refractivity contribution in [3.63, 3.8) is 0 Å². The van der Waals surface area contributed by atoms with E-state index in [-0.39, 0.29) is 0 Å². The number of rotatable bonds is 11. The van der Waals surface area contributed by atoms with Crippen LogP contribution in [0.3, 0.4) is 0 Å². The number of para-hydroxylation sites is 1. The van der Waals surface area contributed by atoms with Crippen molar-refractivity contribution < 1.29 is 9.53 Å². The molecule has 1 aromatic heterocycles. The highest BCUT2D eigenvalue weighted by Gasteiger charge is 2.20. The van der Waals surface area contributed by atoms with Crippen molar-refractivity contribution in [3.8, 4) is 5.75 Å². The van der Waals surface area contributed by atoms with Gasteiger partial charge in [0.2, 0.25) is 0 Å². The summed E-state index contributed by atoms with van der Waals surface area (Å²) in [7, 11) is 1.65. The summed E-state index contributed by atoms with van der Waals surface area (Å²) >= 11 is 0. The molecule has 3 aromatic rings. The van der Waals surface area contributed by atoms with E-state index in [1.54, 1.807) is 7.11 Å². The molecular formula is C25H31N5O2. The number of hydrogen-bond donors (Lipinski definition) is 4. The Morgan fingerprint density at radius 1 is 1.19 bits per heavy atom. The minimum absolute atomic E-state index is 0.355. The van der Waals surface area contributed by atoms with Gasteiger partial charge in [-0.15, -0.1) is 0 Å². The van der Waals surface area contributed by atoms with Crippen LogP contribution in [0.5, 0.6) is 5.75 Å². The Labute approximate surface area is 188 Å². The molecule has 4 rings (SSSR count). The Morgan fingerprint density at radius 3 is 2.72 bits per heavy atom. The highest BCUT2D eigenvalue weighted by molar-refractivity contribution is 6.08. The number of nitrogens with one attached hydrogen (secondary N) is 3. The Balaban J connectivity index is 1.68. The van der Waals surface area contributed by atoms with E-state index < -0.39 is 5.91 Å². The van der Waals surface area contributed by atoms with E-state index >= 15 is 0 Å². The second kappa shape index (κ2) is 9.87. The van der Waals surface area contributed by atoms with Gasteiger partial charge >= 0.3 is 0 Å². The molecule has 1 amide bonds. The number of ether oxygens (including phenoxy) is 1. The Hall–Kier alpha value is -3.32. The third-order valence-corrected chi connectivity index (χ3v) is 5.79. The topological polar surface area (TPSA) is 101 Å². The minimum atomic E-state index is -0.521. The zero-order valence-electron chi connectivity index (χ0n) is 18.7. The number of fused-ring (bicyclic) bond motifs is 1. The predicted molar refractivity (Wildman–Crippen MR) is 130 cm³/mol. The number of carbonyl (C=O) groups is 1. The number of primary amides is 1. The van der Waals surface area contributed by atoms with Crippen LogP contribution in [0.2, 0.25) is 0 Å². The van der Waals surface area contributed by atoms with Gasteiger partial charge in [-0.2, -0.15) is 0 Å². The number of aromatic nitrogens is 1. The lowest BCUT2D eigenvalue weighted by molar-refractivity contribution is 0.100. The lowest BCUT2D eigenvalue weighted by Gasteiger charge is -2.18. The molecule has 1 saturated carbocycles. The van der Waals surface area contributed by atoms with Gasteiger partial charge in [-0.05, 0) is 49.9 Å². The number of nitrogens with two attached hydrogens (primary N) is 1. The van der Waals surface area contributed by atoms with Crippen molar-refractivity contribution in [2.24, 2.45) is 5.73 Å². The normalized spacial score (nSPS) is 13.2. The fourth-order valence-electron chi connectivity index (χ4n) is 3.84. The van der Waals surface area contributed by atoms with E-state index in [9.17, 15) is 4.79 Å². The SMILES string of the molecule is CCc1ccccc1Nc1c(C(N)=O)cnc2cc(OC)c(NCCCNC3CC3)cc12. The summed E-state index contributed by atoms with van der Waals surface area (Å²) in [5.41, 5.74) is 10.4. The summed E-state index contributed by atoms with van der Waals surface area (Å²) in [6.07, 6.45) is 5.98. The fourth-order valence-corrected chi connectivity index (χ4v) is 3.84. The molecule has 5 N–H and O–H groups in total. The lowest BCUT2D eigenvalue weighted by atomic mass is 10.1. The molecule has 1 fully saturated rings. The minimum Gasteiger partial charge on any atom is -0.495 e. The van der Waals surface area contributed by atoms with E-state index in [0.29, 0.717) is 23.0 Å². The van der Waals surface area contributed by atoms with Crippen LogP contribution in [0, 0.1) is 0 Å². The van der Waals surface area contributed by atoms with E-state index in [2.05, 4.69) is 33.9 Å². The van der Waals surface area contributed by atoms with Crippen LogP contribution in [0.4, 0.5) is 17.1 Å². The molecule has 1 aliphatic carbocycles. The number of nitrogens with zero attached hydrogens (tertiary/aromatic N) is 1. The number of amides is 1. The van der Waals surface area contributed by atoms with Gasteiger partial charge in [0.05, 0.1) is 29.6 Å². The van der Waals surface area contributed by atoms with Crippen molar-refractivity contribution in [2.75, 3.05) is 30.8 Å². The van der Waals surface area contributed by atoms with Crippen molar-refractivity contribution in [2.45, 2.75) is 38.6 Å². The van der Waals surface area contributed by atoms with Gasteiger partial charge in [-0.1, -0.05) is 25.1 Å². The number of methoxy groups -OCH3 is 1. The molecule has 0 radical (unpaired) electrons. The van der Waals surface area contributed by atoms with Crippen LogP contribution in [-0.4, -0.2) is 37.1 Å². The van der Waals surface area contributed by atoms with Gasteiger partial charge in [-0.3, -0.25) is 9.78 Å². The van der Waals surface area contributed by atoms with Gasteiger partial charge in [0, 0.05) is 35.9 Å². The molecule has 0 aliphatic heterocycles. The van der Waals surface area contributed by atoms with Gasteiger partial charge in [0.15, 0.2) is 0 Å². The third kappa shape index (κ3) is 4.94. The van der Waals surface area contributed by atoms with Crippen molar-refractivity contribution in [1.29, 1.82) is 0 Å². The number of anilines is 3. The molecule has 0 bridgehead atoms. The van der Waals surface area contributed by atoms with E-state index in [0.717, 1.165) is 53.8 Å². The molecular weight excluding hydrogens is 402 g/mol. The summed E-state index contributed by atoms with van der Waals surface area (Å²) in [6, 6.07) is 12.6. The molecule has 1 aliphatic rings. The monoisotopic (exact) mass is 433 g/mol. The Kier molecular flexibility index (Phi) is 6.75. The molecule has 0 saturated heterocycles. The van der Waals surface area contributed by atoms with Crippen LogP contribution >= 0.6 is 0 Å². The maximum Gasteiger partial charge on any atom is 0.252 e. The highest BCUT2D eigenvalue weighted by Crippen LogP contribution is 2.36. The zero-order chi connectivity index (χ0) is 22.5. The van der Waals surface area contributed by atoms with Crippen molar-refractivity contribution in [3.05, 3.63) is 53.7 Å². The van der Waals surface area contributed by atoms with Crippen LogP contribution < -0.4 is 26.4 Å². The average molecular weight is 434 g/mol. The molecule has 0 unspecified atom stereocenters. The van der Waals surface area contributed by atoms with Gasteiger partial charge in [-0.25, -0.2) is 0 Å². The van der Waals surface area contributed by atoms with Gasteiger partial charge < -0.3 is 26.4 Å². The second-order valence-electron chi connectivity index (χ2n) is 8.13. The zero-order valence-corrected chi connectivity index (χ0v) is 18.7. The first kappa shape index (κ1) is 21.9. The molecule has 7 heteroatoms. The van der Waals surface area contributed by atoms with E-state index in [1.807, 2.05) is 30.3 Å². The first-order chi connectivity index (χ1) is 15.6. The molecule has 168 valence electrons. The summed E-state index contributed by atoms with van der Waals surface area (Å²) in [5.74, 6) is 0.194. The fraction of sp³-hybridized carbons (Fsp3) is 0.360. The van der Waals surface area contributed by atoms with Crippen LogP contribution in [0.15, 0.2) is 42.6 Å². The molecule has 0 atom stereocenters. The smallest absolute Gasteiger partial charge is 0.252 e. The maximum absolute atomic E-state index is 12.2. The van der Waals surface area contributed by atoms with Crippen molar-refractivity contribution >= 4 is 33.9 Å². The maximum atomic E-state index is 12.2. The molecule has 0 spiro atoms. The quantitative estimate of drug-likeness (QED) is 0.338. The largest absolute Gasteiger partial charge is 0.495 e.